The molecule has 2 saturated heterocycles. The van der Waals surface area contributed by atoms with Crippen LogP contribution < -0.4 is 4.74 Å². The van der Waals surface area contributed by atoms with Crippen molar-refractivity contribution in [3.8, 4) is 5.88 Å². The topological polar surface area (TPSA) is 54.9 Å². The van der Waals surface area contributed by atoms with Crippen molar-refractivity contribution >= 4 is 5.91 Å². The number of likely N-dealkylation sites (N-methyl/N-ethyl adjacent to an activating group) is 1. The van der Waals surface area contributed by atoms with E-state index < -0.39 is 0 Å². The van der Waals surface area contributed by atoms with Crippen molar-refractivity contribution in [3.63, 3.8) is 0 Å². The minimum absolute atomic E-state index is 0.00110. The molecule has 0 aliphatic carbocycles. The van der Waals surface area contributed by atoms with Gasteiger partial charge in [-0.15, -0.1) is 0 Å². The quantitative estimate of drug-likeness (QED) is 0.790. The molecule has 2 aliphatic rings. The number of methoxy groups -OCH3 is 1. The average molecular weight is 347 g/mol. The number of carbonyl (C=O) groups is 1. The normalized spacial score (nSPS) is 22.1. The molecule has 0 aromatic carbocycles. The summed E-state index contributed by atoms with van der Waals surface area (Å²) < 4.78 is 11.5. The minimum Gasteiger partial charge on any atom is -0.480 e. The first kappa shape index (κ1) is 18.1. The molecular formula is C19H29N3O3. The van der Waals surface area contributed by atoms with Gasteiger partial charge in [0.1, 0.15) is 5.56 Å². The van der Waals surface area contributed by atoms with E-state index in [1.54, 1.807) is 25.4 Å². The van der Waals surface area contributed by atoms with Gasteiger partial charge in [0.2, 0.25) is 5.88 Å². The van der Waals surface area contributed by atoms with Crippen molar-refractivity contribution in [1.29, 1.82) is 0 Å². The molecule has 1 amide bonds. The van der Waals surface area contributed by atoms with Crippen LogP contribution in [0.3, 0.4) is 0 Å². The summed E-state index contributed by atoms with van der Waals surface area (Å²) in [5.41, 5.74) is 0.531. The molecule has 138 valence electrons. The molecule has 25 heavy (non-hydrogen) atoms. The third-order valence-electron chi connectivity index (χ3n) is 5.53. The molecule has 0 N–H and O–H groups in total. The highest BCUT2D eigenvalue weighted by atomic mass is 16.5. The van der Waals surface area contributed by atoms with Crippen LogP contribution >= 0.6 is 0 Å². The molecule has 1 unspecified atom stereocenters. The predicted octanol–water partition coefficient (Wildman–Crippen LogP) is 2.20. The second-order valence-electron chi connectivity index (χ2n) is 6.97. The van der Waals surface area contributed by atoms with Gasteiger partial charge < -0.3 is 19.3 Å². The monoisotopic (exact) mass is 347 g/mol. The number of amides is 1. The first-order valence-electron chi connectivity index (χ1n) is 9.29. The molecule has 3 heterocycles. The SMILES string of the molecule is CCN(CC)CC1CC2(CCN(C(=O)c3cccnc3OC)CC2)O1. The summed E-state index contributed by atoms with van der Waals surface area (Å²) >= 11 is 0. The van der Waals surface area contributed by atoms with Gasteiger partial charge in [0.05, 0.1) is 18.8 Å². The van der Waals surface area contributed by atoms with E-state index in [-0.39, 0.29) is 11.5 Å². The lowest BCUT2D eigenvalue weighted by Crippen LogP contribution is -2.59. The Morgan fingerprint density at radius 1 is 1.40 bits per heavy atom. The fraction of sp³-hybridized carbons (Fsp3) is 0.684. The zero-order valence-corrected chi connectivity index (χ0v) is 15.5. The maximum atomic E-state index is 12.7. The summed E-state index contributed by atoms with van der Waals surface area (Å²) in [5.74, 6) is 0.394. The zero-order valence-electron chi connectivity index (χ0n) is 15.5. The number of rotatable bonds is 6. The Morgan fingerprint density at radius 2 is 2.08 bits per heavy atom. The Balaban J connectivity index is 1.52. The smallest absolute Gasteiger partial charge is 0.259 e. The van der Waals surface area contributed by atoms with Gasteiger partial charge in [0.15, 0.2) is 0 Å². The Bertz CT molecular complexity index is 587. The van der Waals surface area contributed by atoms with Gasteiger partial charge >= 0.3 is 0 Å². The molecule has 0 radical (unpaired) electrons. The predicted molar refractivity (Wildman–Crippen MR) is 95.9 cm³/mol. The van der Waals surface area contributed by atoms with Gasteiger partial charge in [0.25, 0.3) is 5.91 Å². The highest BCUT2D eigenvalue weighted by molar-refractivity contribution is 5.96. The van der Waals surface area contributed by atoms with E-state index >= 15 is 0 Å². The lowest BCUT2D eigenvalue weighted by atomic mass is 9.80. The van der Waals surface area contributed by atoms with Crippen molar-refractivity contribution in [1.82, 2.24) is 14.8 Å². The number of likely N-dealkylation sites (tertiary alicyclic amines) is 1. The van der Waals surface area contributed by atoms with Crippen LogP contribution in [0.1, 0.15) is 43.5 Å². The van der Waals surface area contributed by atoms with Crippen LogP contribution in [0.4, 0.5) is 0 Å². The van der Waals surface area contributed by atoms with Crippen LogP contribution in [-0.2, 0) is 4.74 Å². The summed E-state index contributed by atoms with van der Waals surface area (Å²) in [6, 6.07) is 3.55. The van der Waals surface area contributed by atoms with E-state index in [2.05, 4.69) is 23.7 Å². The first-order valence-corrected chi connectivity index (χ1v) is 9.29. The summed E-state index contributed by atoms with van der Waals surface area (Å²) in [6.45, 7) is 8.99. The Labute approximate surface area is 150 Å². The Morgan fingerprint density at radius 3 is 2.68 bits per heavy atom. The summed E-state index contributed by atoms with van der Waals surface area (Å²) in [7, 11) is 1.54. The van der Waals surface area contributed by atoms with Gasteiger partial charge in [-0.1, -0.05) is 13.8 Å². The maximum Gasteiger partial charge on any atom is 0.259 e. The van der Waals surface area contributed by atoms with E-state index in [1.165, 1.54) is 0 Å². The van der Waals surface area contributed by atoms with E-state index in [4.69, 9.17) is 9.47 Å². The summed E-state index contributed by atoms with van der Waals surface area (Å²) in [5, 5.41) is 0. The fourth-order valence-corrected chi connectivity index (χ4v) is 3.96. The average Bonchev–Trinajstić information content (AvgIpc) is 2.64. The molecule has 2 aliphatic heterocycles. The van der Waals surface area contributed by atoms with Gasteiger partial charge in [-0.2, -0.15) is 0 Å². The largest absolute Gasteiger partial charge is 0.480 e. The van der Waals surface area contributed by atoms with Gasteiger partial charge in [0, 0.05) is 32.3 Å². The third kappa shape index (κ3) is 3.80. The van der Waals surface area contributed by atoms with Gasteiger partial charge in [-0.05, 0) is 38.1 Å². The molecule has 6 heteroatoms. The lowest BCUT2D eigenvalue weighted by molar-refractivity contribution is -0.227. The van der Waals surface area contributed by atoms with E-state index in [9.17, 15) is 4.79 Å². The Kier molecular flexibility index (Phi) is 5.59. The molecule has 1 spiro atoms. The van der Waals surface area contributed by atoms with Crippen LogP contribution in [0, 0.1) is 0 Å². The van der Waals surface area contributed by atoms with Crippen LogP contribution in [0.15, 0.2) is 18.3 Å². The number of hydrogen-bond acceptors (Lipinski definition) is 5. The maximum absolute atomic E-state index is 12.7. The van der Waals surface area contributed by atoms with Crippen LogP contribution in [0.25, 0.3) is 0 Å². The van der Waals surface area contributed by atoms with Crippen LogP contribution in [0.2, 0.25) is 0 Å². The van der Waals surface area contributed by atoms with E-state index in [0.717, 1.165) is 52.0 Å². The van der Waals surface area contributed by atoms with Crippen molar-refractivity contribution in [2.45, 2.75) is 44.8 Å². The lowest BCUT2D eigenvalue weighted by Gasteiger charge is -2.53. The number of nitrogens with zero attached hydrogens (tertiary/aromatic N) is 3. The zero-order chi connectivity index (χ0) is 17.9. The molecule has 2 fully saturated rings. The minimum atomic E-state index is -0.00633. The number of piperidine rings is 1. The number of aromatic nitrogens is 1. The van der Waals surface area contributed by atoms with E-state index in [0.29, 0.717) is 17.5 Å². The molecule has 1 atom stereocenters. The van der Waals surface area contributed by atoms with Crippen molar-refractivity contribution in [3.05, 3.63) is 23.9 Å². The second kappa shape index (κ2) is 7.70. The Hall–Kier alpha value is -1.66. The molecule has 0 saturated carbocycles. The van der Waals surface area contributed by atoms with Gasteiger partial charge in [-0.25, -0.2) is 4.98 Å². The number of carbonyl (C=O) groups excluding carboxylic acids is 1. The number of hydrogen-bond donors (Lipinski definition) is 0. The molecule has 1 aromatic rings. The molecule has 6 nitrogen and oxygen atoms in total. The molecular weight excluding hydrogens is 318 g/mol. The number of pyridine rings is 1. The molecule has 1 aromatic heterocycles. The second-order valence-corrected chi connectivity index (χ2v) is 6.97. The molecule has 3 rings (SSSR count). The standard InChI is InChI=1S/C19H29N3O3/c1-4-21(5-2)14-15-13-19(25-15)8-11-22(12-9-19)18(23)16-7-6-10-20-17(16)24-3/h6-7,10,15H,4-5,8-9,11-14H2,1-3H3. The number of ether oxygens (including phenoxy) is 2. The van der Waals surface area contributed by atoms with Crippen molar-refractivity contribution in [2.75, 3.05) is 39.8 Å². The third-order valence-corrected chi connectivity index (χ3v) is 5.53. The van der Waals surface area contributed by atoms with E-state index in [1.807, 2.05) is 4.90 Å². The summed E-state index contributed by atoms with van der Waals surface area (Å²) in [4.78, 5) is 21.2. The van der Waals surface area contributed by atoms with Crippen LogP contribution in [-0.4, -0.2) is 72.2 Å². The van der Waals surface area contributed by atoms with Crippen molar-refractivity contribution < 1.29 is 14.3 Å². The molecule has 0 bridgehead atoms. The highest BCUT2D eigenvalue weighted by Crippen LogP contribution is 2.41. The summed E-state index contributed by atoms with van der Waals surface area (Å²) in [6.07, 6.45) is 4.92. The fourth-order valence-electron chi connectivity index (χ4n) is 3.96. The highest BCUT2D eigenvalue weighted by Gasteiger charge is 2.48. The van der Waals surface area contributed by atoms with Crippen molar-refractivity contribution in [2.24, 2.45) is 0 Å². The van der Waals surface area contributed by atoms with Gasteiger partial charge in [-0.3, -0.25) is 4.79 Å². The first-order chi connectivity index (χ1) is 12.1. The van der Waals surface area contributed by atoms with Crippen LogP contribution in [0.5, 0.6) is 5.88 Å².